The van der Waals surface area contributed by atoms with E-state index in [9.17, 15) is 53.7 Å². The summed E-state index contributed by atoms with van der Waals surface area (Å²) in [6.45, 7) is 13.4. The second-order valence-electron chi connectivity index (χ2n) is 24.7. The second-order valence-corrected chi connectivity index (χ2v) is 27.2. The number of halogens is 3. The van der Waals surface area contributed by atoms with E-state index >= 15 is 0 Å². The van der Waals surface area contributed by atoms with Crippen LogP contribution in [0.1, 0.15) is 127 Å². The van der Waals surface area contributed by atoms with Crippen LogP contribution < -0.4 is 74.9 Å². The van der Waals surface area contributed by atoms with E-state index in [0.29, 0.717) is 48.2 Å². The predicted octanol–water partition coefficient (Wildman–Crippen LogP) is -0.605. The zero-order valence-electron chi connectivity index (χ0n) is 56.4. The fourth-order valence-electron chi connectivity index (χ4n) is 10.1. The van der Waals surface area contributed by atoms with E-state index in [1.807, 2.05) is 48.5 Å². The Balaban J connectivity index is 0.000000406. The number of aliphatic carboxylic acids is 1. The monoisotopic (exact) mass is 1390 g/mol. The van der Waals surface area contributed by atoms with Gasteiger partial charge in [0.25, 0.3) is 11.8 Å². The molecular formula is C68H81Cl3Li2N12O13. The maximum atomic E-state index is 13.6. The molecular weight excluding hydrogens is 1310 g/mol. The Kier molecular flexibility index (Phi) is 32.0. The van der Waals surface area contributed by atoms with Gasteiger partial charge in [-0.05, 0) is 163 Å². The molecule has 25 nitrogen and oxygen atoms in total. The van der Waals surface area contributed by atoms with Crippen LogP contribution in [-0.4, -0.2) is 153 Å². The number of carbonyl (C=O) groups excluding carboxylic acids is 8. The summed E-state index contributed by atoms with van der Waals surface area (Å²) >= 11 is 17.0. The minimum Gasteiger partial charge on any atom is -0.870 e. The van der Waals surface area contributed by atoms with E-state index in [2.05, 4.69) is 52.1 Å². The largest absolute Gasteiger partial charge is 1.00 e. The van der Waals surface area contributed by atoms with Crippen LogP contribution in [0.3, 0.4) is 0 Å². The van der Waals surface area contributed by atoms with Gasteiger partial charge in [-0.15, -0.1) is 0 Å². The average Bonchev–Trinajstić information content (AvgIpc) is 0.843. The number of fused-ring (bicyclic) bond motifs is 2. The van der Waals surface area contributed by atoms with Crippen molar-refractivity contribution in [3.8, 4) is 0 Å². The van der Waals surface area contributed by atoms with Crippen molar-refractivity contribution in [2.75, 3.05) is 19.7 Å². The standard InChI is InChI=1S/C35H41Cl3N6O6.C33H40N6O6.2Li.H2O/c1-21(31(47)44-14-6-8-28(43-44)32(48)50-20-35(36,37)38)41-30(46)29(15-23-7-5-13-39-18-23)42-33(49)34(3,4)12-11-27-17-26-16-24(22(2)45)9-10-25(26)19-40-27;1-20(30(42)39-14-6-8-27(38-39)31(43)44)36-29(41)28(15-22-7-5-13-34-18-22)37-32(45)33(3,4)12-11-26-17-25-16-23(21(2)40)9-10-24(25)19-35-26;;;/h5,7,9-13,16-19,21-22,28-29,43,45H,6,8,14-15,20H2,1-4H3,(H,41,46)(H,42,49);5,7,9-13,16-21,27-28,38,40H,6,8,14-15H2,1-4H3,(H,36,41)(H,37,45)(H,43,44);;;1H2/q;;2*+1;/p-2/b2*12-11+;;;/t21-,22+,28-,29-;20-,21+,27-,28-;;;/m00.../s1. The molecule has 4 aromatic heterocycles. The quantitative estimate of drug-likeness (QED) is 0.0225. The number of amides is 6. The van der Waals surface area contributed by atoms with Crippen molar-refractivity contribution in [2.45, 2.75) is 146 Å². The Hall–Kier alpha value is -7.34. The van der Waals surface area contributed by atoms with E-state index in [1.54, 1.807) is 127 Å². The molecule has 6 amide bonds. The Bertz CT molecular complexity index is 3800. The van der Waals surface area contributed by atoms with Crippen molar-refractivity contribution in [1.29, 1.82) is 0 Å². The van der Waals surface area contributed by atoms with E-state index in [4.69, 9.17) is 39.5 Å². The number of alkyl halides is 3. The van der Waals surface area contributed by atoms with Gasteiger partial charge in [-0.2, -0.15) is 0 Å². The van der Waals surface area contributed by atoms with Crippen LogP contribution in [0, 0.1) is 10.8 Å². The van der Waals surface area contributed by atoms with Gasteiger partial charge in [0.15, 0.2) is 0 Å². The van der Waals surface area contributed by atoms with Crippen LogP contribution in [0.15, 0.2) is 122 Å². The van der Waals surface area contributed by atoms with Crippen molar-refractivity contribution in [3.63, 3.8) is 0 Å². The average molecular weight is 1390 g/mol. The molecule has 8 rings (SSSR count). The molecule has 2 aliphatic rings. The first-order valence-corrected chi connectivity index (χ1v) is 32.1. The van der Waals surface area contributed by atoms with E-state index in [-0.39, 0.29) is 69.1 Å². The first-order chi connectivity index (χ1) is 44.9. The summed E-state index contributed by atoms with van der Waals surface area (Å²) in [4.78, 5) is 122. The van der Waals surface area contributed by atoms with Crippen LogP contribution in [0.2, 0.25) is 0 Å². The number of nitrogens with zero attached hydrogens (tertiary/aromatic N) is 6. The van der Waals surface area contributed by atoms with Gasteiger partial charge in [0.1, 0.15) is 36.8 Å². The number of carbonyl (C=O) groups is 8. The van der Waals surface area contributed by atoms with Gasteiger partial charge in [-0.25, -0.2) is 10.9 Å². The van der Waals surface area contributed by atoms with Crippen molar-refractivity contribution < 1.29 is 102 Å². The minimum atomic E-state index is -1.77. The third-order valence-electron chi connectivity index (χ3n) is 15.9. The summed E-state index contributed by atoms with van der Waals surface area (Å²) in [5.74, 6) is -4.99. The summed E-state index contributed by atoms with van der Waals surface area (Å²) < 4.78 is 3.28. The van der Waals surface area contributed by atoms with E-state index in [1.165, 1.54) is 23.9 Å². The van der Waals surface area contributed by atoms with Gasteiger partial charge in [0.2, 0.25) is 27.4 Å². The van der Waals surface area contributed by atoms with E-state index in [0.717, 1.165) is 32.7 Å². The number of benzene rings is 2. The van der Waals surface area contributed by atoms with Gasteiger partial charge in [0.05, 0.1) is 46.4 Å². The molecule has 30 heteroatoms. The molecule has 8 atom stereocenters. The molecule has 0 bridgehead atoms. The second kappa shape index (κ2) is 37.7. The molecule has 0 radical (unpaired) electrons. The SMILES string of the molecule is C[C@H](NC(=O)[C@H](Cc1cccnc1)NC(=O)C(C)(C)/C=C/c1cc2cc([C@@H](C)O)ccc2cn1)C(=O)N1CCC[C@@H](C(=O)OCC(Cl)(Cl)Cl)N1.C[C@H](NC(=O)[C@H](Cc1cccnc1)NC(=O)C(C)(C)/C=C/c1cc2cc([C@@H](C)O)ccc2cn1)C(=O)N1CCC[C@@H](C(=O)[O-])N1.[Li+].[Li+].[OH-]. The molecule has 2 aromatic carbocycles. The number of rotatable bonds is 23. The third kappa shape index (κ3) is 24.5. The van der Waals surface area contributed by atoms with Crippen LogP contribution in [0.25, 0.3) is 33.7 Å². The Morgan fingerprint density at radius 2 is 1.02 bits per heavy atom. The fraction of sp³-hybridized carbons (Fsp3) is 0.412. The Morgan fingerprint density at radius 3 is 1.40 bits per heavy atom. The van der Waals surface area contributed by atoms with Gasteiger partial charge >= 0.3 is 43.7 Å². The number of pyridine rings is 4. The van der Waals surface area contributed by atoms with Crippen molar-refractivity contribution in [2.24, 2.45) is 10.8 Å². The zero-order chi connectivity index (χ0) is 69.4. The van der Waals surface area contributed by atoms with Gasteiger partial charge in [-0.3, -0.25) is 63.5 Å². The molecule has 6 heterocycles. The number of hydrogen-bond acceptors (Lipinski definition) is 19. The van der Waals surface area contributed by atoms with Crippen LogP contribution >= 0.6 is 34.8 Å². The molecule has 2 aliphatic heterocycles. The van der Waals surface area contributed by atoms with Gasteiger partial charge in [-0.1, -0.05) is 83.4 Å². The number of ether oxygens (including phenoxy) is 1. The summed E-state index contributed by atoms with van der Waals surface area (Å²) in [5.41, 5.74) is 7.57. The molecule has 2 saturated heterocycles. The molecule has 0 unspecified atom stereocenters. The van der Waals surface area contributed by atoms with E-state index < -0.39 is 117 Å². The number of aromatic nitrogens is 4. The molecule has 0 aliphatic carbocycles. The topological polar surface area (TPSA) is 370 Å². The maximum Gasteiger partial charge on any atom is 1.00 e. The predicted molar refractivity (Wildman–Crippen MR) is 359 cm³/mol. The molecule has 6 aromatic rings. The van der Waals surface area contributed by atoms with Gasteiger partial charge in [0, 0.05) is 73.9 Å². The minimum absolute atomic E-state index is 0. The van der Waals surface area contributed by atoms with Crippen LogP contribution in [0.4, 0.5) is 0 Å². The maximum absolute atomic E-state index is 13.6. The number of esters is 1. The zero-order valence-corrected chi connectivity index (χ0v) is 58.7. The molecule has 514 valence electrons. The number of aliphatic hydroxyl groups is 2. The number of carboxylic acids is 1. The molecule has 0 saturated carbocycles. The van der Waals surface area contributed by atoms with Crippen molar-refractivity contribution in [1.82, 2.24) is 62.1 Å². The van der Waals surface area contributed by atoms with Crippen LogP contribution in [-0.2, 0) is 55.9 Å². The van der Waals surface area contributed by atoms with Crippen molar-refractivity contribution >= 4 is 116 Å². The summed E-state index contributed by atoms with van der Waals surface area (Å²) in [6, 6.07) is 16.1. The molecule has 98 heavy (non-hydrogen) atoms. The number of nitrogens with one attached hydrogen (secondary N) is 6. The first kappa shape index (κ1) is 83.1. The molecule has 2 fully saturated rings. The number of hydrogen-bond donors (Lipinski definition) is 8. The summed E-state index contributed by atoms with van der Waals surface area (Å²) in [7, 11) is 0. The fourth-order valence-corrected chi connectivity index (χ4v) is 10.3. The summed E-state index contributed by atoms with van der Waals surface area (Å²) in [5, 5.41) is 48.3. The first-order valence-electron chi connectivity index (χ1n) is 31.0. The number of aliphatic hydroxyl groups excluding tert-OH is 2. The Morgan fingerprint density at radius 1 is 0.612 bits per heavy atom. The number of hydrazine groups is 2. The normalized spacial score (nSPS) is 16.8. The Labute approximate surface area is 608 Å². The smallest absolute Gasteiger partial charge is 0.870 e. The van der Waals surface area contributed by atoms with Crippen LogP contribution in [0.5, 0.6) is 0 Å². The summed E-state index contributed by atoms with van der Waals surface area (Å²) in [6.07, 6.45) is 17.4. The van der Waals surface area contributed by atoms with Crippen molar-refractivity contribution in [3.05, 3.63) is 156 Å². The third-order valence-corrected chi connectivity index (χ3v) is 16.2. The molecule has 9 N–H and O–H groups in total. The number of carboxylic acid groups (broad SMARTS) is 1. The van der Waals surface area contributed by atoms with Gasteiger partial charge < -0.3 is 51.6 Å². The molecule has 0 spiro atoms.